The quantitative estimate of drug-likeness (QED) is 0.0904. The summed E-state index contributed by atoms with van der Waals surface area (Å²) in [6.07, 6.45) is 1.61. The first-order valence-electron chi connectivity index (χ1n) is 14.5. The Bertz CT molecular complexity index is 1870. The van der Waals surface area contributed by atoms with Crippen molar-refractivity contribution in [1.29, 1.82) is 0 Å². The highest BCUT2D eigenvalue weighted by Crippen LogP contribution is 2.26. The van der Waals surface area contributed by atoms with Crippen molar-refractivity contribution in [3.05, 3.63) is 160 Å². The number of benzene rings is 5. The third-order valence-electron chi connectivity index (χ3n) is 6.65. The first kappa shape index (κ1) is 33.3. The molecule has 0 aliphatic rings. The molecule has 47 heavy (non-hydrogen) atoms. The summed E-state index contributed by atoms with van der Waals surface area (Å²) in [5, 5.41) is 9.14. The van der Waals surface area contributed by atoms with Crippen LogP contribution in [0.2, 0.25) is 10.0 Å². The summed E-state index contributed by atoms with van der Waals surface area (Å²) in [7, 11) is 0. The summed E-state index contributed by atoms with van der Waals surface area (Å²) >= 11 is 13.3. The Labute approximate surface area is 287 Å². The molecule has 0 atom stereocenters. The molecule has 0 heterocycles. The summed E-state index contributed by atoms with van der Waals surface area (Å²) in [4.78, 5) is 39.7. The van der Waals surface area contributed by atoms with Crippen LogP contribution >= 0.6 is 35.0 Å². The second kappa shape index (κ2) is 16.5. The number of nitrogens with one attached hydrogen (secondary N) is 3. The predicted octanol–water partition coefficient (Wildman–Crippen LogP) is 8.71. The fourth-order valence-corrected chi connectivity index (χ4v) is 5.26. The van der Waals surface area contributed by atoms with Crippen molar-refractivity contribution in [2.45, 2.75) is 11.5 Å². The van der Waals surface area contributed by atoms with E-state index in [1.807, 2.05) is 60.7 Å². The van der Waals surface area contributed by atoms with Crippen molar-refractivity contribution in [3.8, 4) is 5.75 Å². The molecule has 7 nitrogen and oxygen atoms in total. The summed E-state index contributed by atoms with van der Waals surface area (Å²) < 4.78 is 5.87. The SMILES string of the molecule is O=C(CSc1ccc(NC(=O)/C(=C/c2ccc(OCc3ccccc3)cc2)NC(=O)c2ccccc2)cc1)Nc1ccc(Cl)c(Cl)c1. The maximum absolute atomic E-state index is 13.4. The zero-order valence-corrected chi connectivity index (χ0v) is 27.2. The number of hydrogen-bond donors (Lipinski definition) is 3. The highest BCUT2D eigenvalue weighted by molar-refractivity contribution is 8.00. The van der Waals surface area contributed by atoms with Gasteiger partial charge < -0.3 is 20.7 Å². The number of anilines is 2. The summed E-state index contributed by atoms with van der Waals surface area (Å²) in [5.41, 5.74) is 3.30. The van der Waals surface area contributed by atoms with Crippen LogP contribution in [0, 0.1) is 0 Å². The fourth-order valence-electron chi connectivity index (χ4n) is 4.26. The van der Waals surface area contributed by atoms with Crippen LogP contribution in [-0.4, -0.2) is 23.5 Å². The highest BCUT2D eigenvalue weighted by Gasteiger charge is 2.15. The van der Waals surface area contributed by atoms with Gasteiger partial charge in [-0.15, -0.1) is 11.8 Å². The first-order chi connectivity index (χ1) is 22.8. The molecular formula is C37H29Cl2N3O4S. The Morgan fingerprint density at radius 2 is 1.36 bits per heavy atom. The number of carbonyl (C=O) groups is 3. The Hall–Kier alpha value is -5.02. The van der Waals surface area contributed by atoms with E-state index >= 15 is 0 Å². The lowest BCUT2D eigenvalue weighted by Gasteiger charge is -2.12. The summed E-state index contributed by atoms with van der Waals surface area (Å²) in [6.45, 7) is 0.431. The molecule has 0 radical (unpaired) electrons. The predicted molar refractivity (Wildman–Crippen MR) is 190 cm³/mol. The lowest BCUT2D eigenvalue weighted by Crippen LogP contribution is -2.30. The Morgan fingerprint density at radius 3 is 2.04 bits per heavy atom. The van der Waals surface area contributed by atoms with Gasteiger partial charge in [0.05, 0.1) is 15.8 Å². The van der Waals surface area contributed by atoms with Gasteiger partial charge >= 0.3 is 0 Å². The first-order valence-corrected chi connectivity index (χ1v) is 16.2. The third kappa shape index (κ3) is 10.2. The van der Waals surface area contributed by atoms with E-state index in [0.717, 1.165) is 10.5 Å². The van der Waals surface area contributed by atoms with Gasteiger partial charge in [-0.2, -0.15) is 0 Å². The van der Waals surface area contributed by atoms with E-state index in [9.17, 15) is 14.4 Å². The van der Waals surface area contributed by atoms with Crippen LogP contribution in [0.1, 0.15) is 21.5 Å². The lowest BCUT2D eigenvalue weighted by molar-refractivity contribution is -0.114. The lowest BCUT2D eigenvalue weighted by atomic mass is 10.1. The second-order valence-electron chi connectivity index (χ2n) is 10.2. The van der Waals surface area contributed by atoms with Crippen LogP contribution in [0.15, 0.2) is 138 Å². The maximum Gasteiger partial charge on any atom is 0.272 e. The number of amides is 3. The molecule has 0 bridgehead atoms. The number of ether oxygens (including phenoxy) is 1. The molecule has 3 N–H and O–H groups in total. The number of hydrogen-bond acceptors (Lipinski definition) is 5. The molecule has 5 aromatic carbocycles. The largest absolute Gasteiger partial charge is 0.489 e. The van der Waals surface area contributed by atoms with Crippen molar-refractivity contribution in [1.82, 2.24) is 5.32 Å². The maximum atomic E-state index is 13.4. The molecule has 3 amide bonds. The standard InChI is InChI=1S/C37H29Cl2N3O4S/c38-32-20-15-29(22-33(32)39)40-35(43)24-47-31-18-13-28(14-19-31)41-37(45)34(42-36(44)27-9-5-2-6-10-27)21-25-11-16-30(17-12-25)46-23-26-7-3-1-4-8-26/h1-22H,23-24H2,(H,40,43)(H,41,45)(H,42,44)/b34-21-. The van der Waals surface area contributed by atoms with E-state index in [1.165, 1.54) is 11.8 Å². The zero-order valence-electron chi connectivity index (χ0n) is 24.9. The van der Waals surface area contributed by atoms with Crippen molar-refractivity contribution in [2.24, 2.45) is 0 Å². The van der Waals surface area contributed by atoms with Crippen molar-refractivity contribution in [3.63, 3.8) is 0 Å². The van der Waals surface area contributed by atoms with Crippen molar-refractivity contribution in [2.75, 3.05) is 16.4 Å². The van der Waals surface area contributed by atoms with Gasteiger partial charge in [0.15, 0.2) is 0 Å². The molecule has 0 aliphatic heterocycles. The molecule has 0 spiro atoms. The zero-order chi connectivity index (χ0) is 33.0. The average Bonchev–Trinajstić information content (AvgIpc) is 3.09. The van der Waals surface area contributed by atoms with Crippen molar-refractivity contribution < 1.29 is 19.1 Å². The van der Waals surface area contributed by atoms with Gasteiger partial charge in [-0.05, 0) is 83.9 Å². The highest BCUT2D eigenvalue weighted by atomic mass is 35.5. The van der Waals surface area contributed by atoms with Crippen LogP contribution in [0.5, 0.6) is 5.75 Å². The molecule has 0 aliphatic carbocycles. The van der Waals surface area contributed by atoms with E-state index < -0.39 is 11.8 Å². The van der Waals surface area contributed by atoms with Gasteiger partial charge in [0.2, 0.25) is 5.91 Å². The fraction of sp³-hybridized carbons (Fsp3) is 0.0541. The van der Waals surface area contributed by atoms with Gasteiger partial charge in [-0.3, -0.25) is 14.4 Å². The van der Waals surface area contributed by atoms with Gasteiger partial charge in [0.1, 0.15) is 18.1 Å². The van der Waals surface area contributed by atoms with E-state index in [1.54, 1.807) is 72.8 Å². The minimum absolute atomic E-state index is 0.0641. The second-order valence-corrected chi connectivity index (χ2v) is 12.0. The van der Waals surface area contributed by atoms with E-state index in [4.69, 9.17) is 27.9 Å². The third-order valence-corrected chi connectivity index (χ3v) is 8.40. The molecule has 5 aromatic rings. The number of halogens is 2. The van der Waals surface area contributed by atoms with Gasteiger partial charge in [-0.1, -0.05) is 83.9 Å². The van der Waals surface area contributed by atoms with Crippen LogP contribution < -0.4 is 20.7 Å². The average molecular weight is 683 g/mol. The molecule has 0 unspecified atom stereocenters. The topological polar surface area (TPSA) is 96.5 Å². The van der Waals surface area contributed by atoms with Crippen LogP contribution in [0.25, 0.3) is 6.08 Å². The summed E-state index contributed by atoms with van der Waals surface area (Å²) in [6, 6.07) is 37.7. The normalized spacial score (nSPS) is 11.0. The van der Waals surface area contributed by atoms with E-state index in [-0.39, 0.29) is 17.4 Å². The van der Waals surface area contributed by atoms with Crippen LogP contribution in [-0.2, 0) is 16.2 Å². The van der Waals surface area contributed by atoms with Gasteiger partial charge in [-0.25, -0.2) is 0 Å². The minimum atomic E-state index is -0.500. The van der Waals surface area contributed by atoms with Gasteiger partial charge in [0, 0.05) is 21.8 Å². The molecule has 236 valence electrons. The Morgan fingerprint density at radius 1 is 0.702 bits per heavy atom. The van der Waals surface area contributed by atoms with Crippen LogP contribution in [0.3, 0.4) is 0 Å². The van der Waals surface area contributed by atoms with E-state index in [0.29, 0.717) is 44.9 Å². The van der Waals surface area contributed by atoms with E-state index in [2.05, 4.69) is 16.0 Å². The molecule has 0 fully saturated rings. The number of rotatable bonds is 12. The summed E-state index contributed by atoms with van der Waals surface area (Å²) in [5.74, 6) is -0.276. The molecule has 10 heteroatoms. The molecule has 0 aromatic heterocycles. The monoisotopic (exact) mass is 681 g/mol. The molecule has 5 rings (SSSR count). The number of carbonyl (C=O) groups excluding carboxylic acids is 3. The van der Waals surface area contributed by atoms with Gasteiger partial charge in [0.25, 0.3) is 11.8 Å². The minimum Gasteiger partial charge on any atom is -0.489 e. The van der Waals surface area contributed by atoms with Crippen molar-refractivity contribution >= 4 is 70.1 Å². The smallest absolute Gasteiger partial charge is 0.272 e. The molecular weight excluding hydrogens is 653 g/mol. The number of thioether (sulfide) groups is 1. The Balaban J connectivity index is 1.22. The molecule has 0 saturated heterocycles. The Kier molecular flexibility index (Phi) is 11.7. The molecule has 0 saturated carbocycles. The van der Waals surface area contributed by atoms with Crippen LogP contribution in [0.4, 0.5) is 11.4 Å².